The molecule has 1 aliphatic carbocycles. The van der Waals surface area contributed by atoms with E-state index in [1.165, 1.54) is 63.0 Å². The molecule has 0 unspecified atom stereocenters. The third-order valence-corrected chi connectivity index (χ3v) is 6.86. The summed E-state index contributed by atoms with van der Waals surface area (Å²) in [6.07, 6.45) is 5.01. The van der Waals surface area contributed by atoms with E-state index in [0.717, 1.165) is 19.1 Å². The van der Waals surface area contributed by atoms with E-state index in [1.807, 2.05) is 0 Å². The summed E-state index contributed by atoms with van der Waals surface area (Å²) in [7, 11) is 0. The van der Waals surface area contributed by atoms with Crippen LogP contribution in [-0.4, -0.2) is 48.6 Å². The van der Waals surface area contributed by atoms with Crippen LogP contribution in [0.2, 0.25) is 0 Å². The van der Waals surface area contributed by atoms with E-state index in [2.05, 4.69) is 70.5 Å². The minimum atomic E-state index is 0.201. The van der Waals surface area contributed by atoms with E-state index < -0.39 is 0 Å². The Kier molecular flexibility index (Phi) is 5.92. The third kappa shape index (κ3) is 4.26. The van der Waals surface area contributed by atoms with Gasteiger partial charge in [0.1, 0.15) is 0 Å². The maximum atomic E-state index is 6.27. The van der Waals surface area contributed by atoms with Gasteiger partial charge in [-0.2, -0.15) is 0 Å². The highest BCUT2D eigenvalue weighted by molar-refractivity contribution is 5.27. The van der Waals surface area contributed by atoms with E-state index >= 15 is 0 Å². The molecule has 0 amide bonds. The zero-order valence-electron chi connectivity index (χ0n) is 16.4. The van der Waals surface area contributed by atoms with Crippen LogP contribution in [0.15, 0.2) is 60.7 Å². The van der Waals surface area contributed by atoms with Crippen molar-refractivity contribution in [1.29, 1.82) is 0 Å². The molecule has 2 aromatic rings. The Morgan fingerprint density at radius 1 is 0.815 bits per heavy atom. The van der Waals surface area contributed by atoms with Crippen molar-refractivity contribution < 1.29 is 0 Å². The lowest BCUT2D eigenvalue weighted by atomic mass is 9.68. The quantitative estimate of drug-likeness (QED) is 0.880. The predicted molar refractivity (Wildman–Crippen MR) is 113 cm³/mol. The van der Waals surface area contributed by atoms with Crippen molar-refractivity contribution >= 4 is 0 Å². The molecule has 0 aromatic heterocycles. The molecule has 0 bridgehead atoms. The standard InChI is InChI=1S/C24H33N3/c25-20-24(22-9-5-2-6-10-22)13-11-23(12-14-24)27-17-15-26(16-18-27)19-21-7-3-1-4-8-21/h1-10,23H,11-20,25H2. The van der Waals surface area contributed by atoms with Crippen molar-refractivity contribution in [1.82, 2.24) is 9.80 Å². The summed E-state index contributed by atoms with van der Waals surface area (Å²) in [6, 6.07) is 22.6. The Morgan fingerprint density at radius 3 is 2.00 bits per heavy atom. The molecule has 1 aliphatic heterocycles. The molecule has 2 aliphatic rings. The van der Waals surface area contributed by atoms with Gasteiger partial charge in [-0.25, -0.2) is 0 Å². The molecule has 27 heavy (non-hydrogen) atoms. The Morgan fingerprint density at radius 2 is 1.41 bits per heavy atom. The van der Waals surface area contributed by atoms with Crippen LogP contribution < -0.4 is 5.73 Å². The van der Waals surface area contributed by atoms with Crippen molar-refractivity contribution in [3.63, 3.8) is 0 Å². The lowest BCUT2D eigenvalue weighted by Gasteiger charge is -2.46. The number of nitrogens with zero attached hydrogens (tertiary/aromatic N) is 2. The van der Waals surface area contributed by atoms with E-state index in [4.69, 9.17) is 5.73 Å². The lowest BCUT2D eigenvalue weighted by Crippen LogP contribution is -2.52. The second-order valence-electron chi connectivity index (χ2n) is 8.38. The summed E-state index contributed by atoms with van der Waals surface area (Å²) < 4.78 is 0. The summed E-state index contributed by atoms with van der Waals surface area (Å²) in [5.41, 5.74) is 9.34. The van der Waals surface area contributed by atoms with Gasteiger partial charge in [-0.05, 0) is 36.8 Å². The largest absolute Gasteiger partial charge is 0.330 e. The SMILES string of the molecule is NCC1(c2ccccc2)CCC(N2CCN(Cc3ccccc3)CC2)CC1. The maximum absolute atomic E-state index is 6.27. The summed E-state index contributed by atoms with van der Waals surface area (Å²) >= 11 is 0. The summed E-state index contributed by atoms with van der Waals surface area (Å²) in [5.74, 6) is 0. The topological polar surface area (TPSA) is 32.5 Å². The predicted octanol–water partition coefficient (Wildman–Crippen LogP) is 3.64. The Bertz CT molecular complexity index is 684. The number of piperazine rings is 1. The van der Waals surface area contributed by atoms with Crippen LogP contribution in [0, 0.1) is 0 Å². The molecule has 4 rings (SSSR count). The molecule has 0 spiro atoms. The summed E-state index contributed by atoms with van der Waals surface area (Å²) in [6.45, 7) is 6.65. The van der Waals surface area contributed by atoms with Crippen LogP contribution in [0.5, 0.6) is 0 Å². The molecule has 2 N–H and O–H groups in total. The van der Waals surface area contributed by atoms with Crippen LogP contribution in [0.25, 0.3) is 0 Å². The van der Waals surface area contributed by atoms with Crippen LogP contribution >= 0.6 is 0 Å². The first-order valence-corrected chi connectivity index (χ1v) is 10.5. The zero-order valence-corrected chi connectivity index (χ0v) is 16.4. The van der Waals surface area contributed by atoms with Gasteiger partial charge in [0.2, 0.25) is 0 Å². The molecular formula is C24H33N3. The van der Waals surface area contributed by atoms with Crippen LogP contribution in [0.3, 0.4) is 0 Å². The first-order chi connectivity index (χ1) is 13.3. The average molecular weight is 364 g/mol. The van der Waals surface area contributed by atoms with Gasteiger partial charge >= 0.3 is 0 Å². The van der Waals surface area contributed by atoms with E-state index in [0.29, 0.717) is 0 Å². The minimum Gasteiger partial charge on any atom is -0.330 e. The average Bonchev–Trinajstić information content (AvgIpc) is 2.76. The van der Waals surface area contributed by atoms with E-state index in [-0.39, 0.29) is 5.41 Å². The van der Waals surface area contributed by atoms with Gasteiger partial charge in [0.25, 0.3) is 0 Å². The number of benzene rings is 2. The molecule has 3 heteroatoms. The normalized spacial score (nSPS) is 27.5. The second kappa shape index (κ2) is 8.55. The zero-order chi connectivity index (χ0) is 18.5. The van der Waals surface area contributed by atoms with Crippen molar-refractivity contribution in [3.8, 4) is 0 Å². The molecule has 3 nitrogen and oxygen atoms in total. The van der Waals surface area contributed by atoms with Crippen LogP contribution in [0.4, 0.5) is 0 Å². The monoisotopic (exact) mass is 363 g/mol. The van der Waals surface area contributed by atoms with E-state index in [1.54, 1.807) is 0 Å². The van der Waals surface area contributed by atoms with Crippen molar-refractivity contribution in [2.75, 3.05) is 32.7 Å². The maximum Gasteiger partial charge on any atom is 0.0234 e. The van der Waals surface area contributed by atoms with Crippen LogP contribution in [-0.2, 0) is 12.0 Å². The first-order valence-electron chi connectivity index (χ1n) is 10.5. The number of rotatable bonds is 5. The van der Waals surface area contributed by atoms with Crippen molar-refractivity contribution in [3.05, 3.63) is 71.8 Å². The fraction of sp³-hybridized carbons (Fsp3) is 0.500. The van der Waals surface area contributed by atoms with Gasteiger partial charge < -0.3 is 5.73 Å². The lowest BCUT2D eigenvalue weighted by molar-refractivity contribution is 0.0629. The van der Waals surface area contributed by atoms with Crippen molar-refractivity contribution in [2.24, 2.45) is 5.73 Å². The van der Waals surface area contributed by atoms with Crippen molar-refractivity contribution in [2.45, 2.75) is 43.7 Å². The molecular weight excluding hydrogens is 330 g/mol. The van der Waals surface area contributed by atoms with Gasteiger partial charge in [-0.1, -0.05) is 60.7 Å². The molecule has 2 aromatic carbocycles. The minimum absolute atomic E-state index is 0.201. The smallest absolute Gasteiger partial charge is 0.0234 e. The molecule has 144 valence electrons. The molecule has 0 atom stereocenters. The number of nitrogens with two attached hydrogens (primary N) is 1. The molecule has 2 fully saturated rings. The molecule has 1 heterocycles. The highest BCUT2D eigenvalue weighted by Gasteiger charge is 2.37. The highest BCUT2D eigenvalue weighted by Crippen LogP contribution is 2.40. The first kappa shape index (κ1) is 18.7. The number of hydrogen-bond donors (Lipinski definition) is 1. The Hall–Kier alpha value is -1.68. The van der Waals surface area contributed by atoms with Gasteiger partial charge in [-0.15, -0.1) is 0 Å². The number of hydrogen-bond acceptors (Lipinski definition) is 3. The second-order valence-corrected chi connectivity index (χ2v) is 8.38. The molecule has 1 saturated heterocycles. The Balaban J connectivity index is 1.29. The summed E-state index contributed by atoms with van der Waals surface area (Å²) in [5, 5.41) is 0. The van der Waals surface area contributed by atoms with Gasteiger partial charge in [0, 0.05) is 50.7 Å². The molecule has 0 radical (unpaired) electrons. The van der Waals surface area contributed by atoms with Gasteiger partial charge in [-0.3, -0.25) is 9.80 Å². The van der Waals surface area contributed by atoms with Gasteiger partial charge in [0.15, 0.2) is 0 Å². The Labute approximate surface area is 164 Å². The molecule has 1 saturated carbocycles. The highest BCUT2D eigenvalue weighted by atomic mass is 15.3. The fourth-order valence-electron chi connectivity index (χ4n) is 5.05. The third-order valence-electron chi connectivity index (χ3n) is 6.86. The van der Waals surface area contributed by atoms with Crippen LogP contribution in [0.1, 0.15) is 36.8 Å². The van der Waals surface area contributed by atoms with E-state index in [9.17, 15) is 0 Å². The fourth-order valence-corrected chi connectivity index (χ4v) is 5.05. The van der Waals surface area contributed by atoms with Gasteiger partial charge in [0.05, 0.1) is 0 Å². The summed E-state index contributed by atoms with van der Waals surface area (Å²) in [4.78, 5) is 5.34.